The molecule has 0 aliphatic heterocycles. The second kappa shape index (κ2) is 8.21. The SMILES string of the molecule is C[C@@H](CO)N(C)C(=O)NCCCc1ccc(Br)cc1F. The number of aliphatic hydroxyl groups excluding tert-OH is 1. The molecule has 20 heavy (non-hydrogen) atoms. The molecule has 0 spiro atoms. The van der Waals surface area contributed by atoms with Crippen LogP contribution in [-0.4, -0.2) is 42.3 Å². The number of urea groups is 1. The van der Waals surface area contributed by atoms with Crippen LogP contribution in [0.4, 0.5) is 9.18 Å². The van der Waals surface area contributed by atoms with E-state index >= 15 is 0 Å². The summed E-state index contributed by atoms with van der Waals surface area (Å²) in [5, 5.41) is 11.7. The molecule has 4 nitrogen and oxygen atoms in total. The molecule has 0 aliphatic carbocycles. The molecule has 1 rings (SSSR count). The lowest BCUT2D eigenvalue weighted by atomic mass is 10.1. The number of halogens is 2. The summed E-state index contributed by atoms with van der Waals surface area (Å²) >= 11 is 3.21. The second-order valence-corrected chi connectivity index (χ2v) is 5.63. The van der Waals surface area contributed by atoms with Gasteiger partial charge in [-0.3, -0.25) is 0 Å². The first kappa shape index (κ1) is 16.9. The first-order chi connectivity index (χ1) is 9.45. The average Bonchev–Trinajstić information content (AvgIpc) is 2.43. The van der Waals surface area contributed by atoms with E-state index in [2.05, 4.69) is 21.2 Å². The number of nitrogens with zero attached hydrogens (tertiary/aromatic N) is 1. The summed E-state index contributed by atoms with van der Waals surface area (Å²) in [6, 6.07) is 4.52. The van der Waals surface area contributed by atoms with Crippen LogP contribution in [-0.2, 0) is 6.42 Å². The van der Waals surface area contributed by atoms with Gasteiger partial charge in [-0.15, -0.1) is 0 Å². The zero-order chi connectivity index (χ0) is 15.1. The Hall–Kier alpha value is -1.14. The fourth-order valence-corrected chi connectivity index (χ4v) is 1.98. The van der Waals surface area contributed by atoms with Crippen LogP contribution in [0.1, 0.15) is 18.9 Å². The van der Waals surface area contributed by atoms with Crippen LogP contribution >= 0.6 is 15.9 Å². The van der Waals surface area contributed by atoms with Crippen molar-refractivity contribution in [3.05, 3.63) is 34.1 Å². The van der Waals surface area contributed by atoms with E-state index in [4.69, 9.17) is 5.11 Å². The molecule has 6 heteroatoms. The van der Waals surface area contributed by atoms with E-state index in [0.717, 1.165) is 0 Å². The Balaban J connectivity index is 2.33. The molecule has 0 saturated heterocycles. The van der Waals surface area contributed by atoms with Crippen molar-refractivity contribution in [3.63, 3.8) is 0 Å². The number of rotatable bonds is 6. The van der Waals surface area contributed by atoms with E-state index in [0.29, 0.717) is 29.4 Å². The minimum Gasteiger partial charge on any atom is -0.394 e. The van der Waals surface area contributed by atoms with Crippen molar-refractivity contribution in [2.24, 2.45) is 0 Å². The smallest absolute Gasteiger partial charge is 0.317 e. The van der Waals surface area contributed by atoms with Gasteiger partial charge in [-0.1, -0.05) is 22.0 Å². The van der Waals surface area contributed by atoms with Crippen molar-refractivity contribution in [1.82, 2.24) is 10.2 Å². The predicted octanol–water partition coefficient (Wildman–Crippen LogP) is 2.54. The van der Waals surface area contributed by atoms with Gasteiger partial charge >= 0.3 is 6.03 Å². The molecule has 1 aromatic carbocycles. The fourth-order valence-electron chi connectivity index (χ4n) is 1.65. The highest BCUT2D eigenvalue weighted by molar-refractivity contribution is 9.10. The fraction of sp³-hybridized carbons (Fsp3) is 0.500. The van der Waals surface area contributed by atoms with E-state index < -0.39 is 0 Å². The number of aliphatic hydroxyl groups is 1. The molecule has 0 bridgehead atoms. The lowest BCUT2D eigenvalue weighted by Gasteiger charge is -2.23. The van der Waals surface area contributed by atoms with Crippen LogP contribution in [0.2, 0.25) is 0 Å². The molecule has 1 atom stereocenters. The van der Waals surface area contributed by atoms with E-state index in [-0.39, 0.29) is 24.5 Å². The number of amides is 2. The van der Waals surface area contributed by atoms with Crippen molar-refractivity contribution in [2.45, 2.75) is 25.8 Å². The first-order valence-corrected chi connectivity index (χ1v) is 7.30. The van der Waals surface area contributed by atoms with Crippen LogP contribution in [0.3, 0.4) is 0 Å². The number of aryl methyl sites for hydroxylation is 1. The van der Waals surface area contributed by atoms with E-state index in [1.54, 1.807) is 26.1 Å². The number of hydrogen-bond acceptors (Lipinski definition) is 2. The first-order valence-electron chi connectivity index (χ1n) is 6.51. The molecular weight excluding hydrogens is 327 g/mol. The number of benzene rings is 1. The molecule has 0 aliphatic rings. The van der Waals surface area contributed by atoms with Gasteiger partial charge in [-0.05, 0) is 37.5 Å². The van der Waals surface area contributed by atoms with Gasteiger partial charge in [-0.2, -0.15) is 0 Å². The monoisotopic (exact) mass is 346 g/mol. The zero-order valence-corrected chi connectivity index (χ0v) is 13.3. The van der Waals surface area contributed by atoms with Gasteiger partial charge in [0.25, 0.3) is 0 Å². The molecule has 0 unspecified atom stereocenters. The van der Waals surface area contributed by atoms with Crippen LogP contribution in [0.15, 0.2) is 22.7 Å². The van der Waals surface area contributed by atoms with Crippen molar-refractivity contribution in [2.75, 3.05) is 20.2 Å². The van der Waals surface area contributed by atoms with Crippen LogP contribution in [0.5, 0.6) is 0 Å². The van der Waals surface area contributed by atoms with Gasteiger partial charge < -0.3 is 15.3 Å². The molecule has 0 fully saturated rings. The number of likely N-dealkylation sites (N-methyl/N-ethyl adjacent to an activating group) is 1. The summed E-state index contributed by atoms with van der Waals surface area (Å²) in [5.41, 5.74) is 0.638. The summed E-state index contributed by atoms with van der Waals surface area (Å²) in [6.07, 6.45) is 1.23. The van der Waals surface area contributed by atoms with Crippen molar-refractivity contribution >= 4 is 22.0 Å². The zero-order valence-electron chi connectivity index (χ0n) is 11.7. The van der Waals surface area contributed by atoms with Gasteiger partial charge in [0, 0.05) is 18.1 Å². The molecule has 0 radical (unpaired) electrons. The molecule has 2 amide bonds. The van der Waals surface area contributed by atoms with Gasteiger partial charge in [-0.25, -0.2) is 9.18 Å². The average molecular weight is 347 g/mol. The summed E-state index contributed by atoms with van der Waals surface area (Å²) in [5.74, 6) is -0.239. The van der Waals surface area contributed by atoms with Crippen LogP contribution in [0.25, 0.3) is 0 Å². The molecule has 2 N–H and O–H groups in total. The van der Waals surface area contributed by atoms with E-state index in [1.807, 2.05) is 0 Å². The number of nitrogens with one attached hydrogen (secondary N) is 1. The summed E-state index contributed by atoms with van der Waals surface area (Å²) in [6.45, 7) is 2.15. The summed E-state index contributed by atoms with van der Waals surface area (Å²) in [4.78, 5) is 13.1. The highest BCUT2D eigenvalue weighted by Gasteiger charge is 2.13. The third-order valence-corrected chi connectivity index (χ3v) is 3.65. The Morgan fingerprint density at radius 3 is 2.85 bits per heavy atom. The molecule has 0 aromatic heterocycles. The lowest BCUT2D eigenvalue weighted by molar-refractivity contribution is 0.157. The number of carbonyl (C=O) groups excluding carboxylic acids is 1. The largest absolute Gasteiger partial charge is 0.394 e. The van der Waals surface area contributed by atoms with Gasteiger partial charge in [0.15, 0.2) is 0 Å². The Morgan fingerprint density at radius 2 is 2.25 bits per heavy atom. The quantitative estimate of drug-likeness (QED) is 0.777. The van der Waals surface area contributed by atoms with Crippen molar-refractivity contribution in [1.29, 1.82) is 0 Å². The van der Waals surface area contributed by atoms with E-state index in [9.17, 15) is 9.18 Å². The number of carbonyl (C=O) groups is 1. The minimum absolute atomic E-state index is 0.0754. The van der Waals surface area contributed by atoms with E-state index in [1.165, 1.54) is 11.0 Å². The van der Waals surface area contributed by atoms with Crippen LogP contribution < -0.4 is 5.32 Å². The van der Waals surface area contributed by atoms with Crippen molar-refractivity contribution in [3.8, 4) is 0 Å². The highest BCUT2D eigenvalue weighted by Crippen LogP contribution is 2.16. The highest BCUT2D eigenvalue weighted by atomic mass is 79.9. The Kier molecular flexibility index (Phi) is 6.95. The third-order valence-electron chi connectivity index (χ3n) is 3.16. The maximum Gasteiger partial charge on any atom is 0.317 e. The predicted molar refractivity (Wildman–Crippen MR) is 80.1 cm³/mol. The Morgan fingerprint density at radius 1 is 1.55 bits per heavy atom. The van der Waals surface area contributed by atoms with Gasteiger partial charge in [0.2, 0.25) is 0 Å². The maximum atomic E-state index is 13.6. The minimum atomic E-state index is -0.239. The number of hydrogen-bond donors (Lipinski definition) is 2. The molecule has 0 heterocycles. The lowest BCUT2D eigenvalue weighted by Crippen LogP contribution is -2.44. The third kappa shape index (κ3) is 5.09. The second-order valence-electron chi connectivity index (χ2n) is 4.71. The topological polar surface area (TPSA) is 52.6 Å². The Bertz CT molecular complexity index is 457. The van der Waals surface area contributed by atoms with Crippen molar-refractivity contribution < 1.29 is 14.3 Å². The molecule has 1 aromatic rings. The summed E-state index contributed by atoms with van der Waals surface area (Å²) in [7, 11) is 1.63. The molecular formula is C14H20BrFN2O2. The maximum absolute atomic E-state index is 13.6. The van der Waals surface area contributed by atoms with Gasteiger partial charge in [0.05, 0.1) is 12.6 Å². The Labute approximate surface area is 127 Å². The van der Waals surface area contributed by atoms with Gasteiger partial charge in [0.1, 0.15) is 5.82 Å². The standard InChI is InChI=1S/C14H20BrFN2O2/c1-10(9-19)18(2)14(20)17-7-3-4-11-5-6-12(15)8-13(11)16/h5-6,8,10,19H,3-4,7,9H2,1-2H3,(H,17,20)/t10-/m0/s1. The summed E-state index contributed by atoms with van der Waals surface area (Å²) < 4.78 is 14.3. The van der Waals surface area contributed by atoms with Crippen LogP contribution in [0, 0.1) is 5.82 Å². The molecule has 0 saturated carbocycles. The molecule has 112 valence electrons. The normalized spacial score (nSPS) is 12.1.